The van der Waals surface area contributed by atoms with Crippen LogP contribution in [0.25, 0.3) is 0 Å². The van der Waals surface area contributed by atoms with Crippen molar-refractivity contribution in [3.05, 3.63) is 35.1 Å². The summed E-state index contributed by atoms with van der Waals surface area (Å²) in [6, 6.07) is 5.00. The van der Waals surface area contributed by atoms with E-state index < -0.39 is 0 Å². The Morgan fingerprint density at radius 1 is 1.31 bits per heavy atom. The van der Waals surface area contributed by atoms with Crippen molar-refractivity contribution < 1.29 is 9.50 Å². The average Bonchev–Trinajstić information content (AvgIpc) is 2.27. The molecule has 0 radical (unpaired) electrons. The summed E-state index contributed by atoms with van der Waals surface area (Å²) in [7, 11) is 0. The summed E-state index contributed by atoms with van der Waals surface area (Å²) < 4.78 is 12.9. The first-order chi connectivity index (χ1) is 7.63. The molecule has 0 aliphatic carbocycles. The van der Waals surface area contributed by atoms with Crippen molar-refractivity contribution >= 4 is 0 Å². The van der Waals surface area contributed by atoms with E-state index in [1.54, 1.807) is 19.1 Å². The second-order valence-corrected chi connectivity index (χ2v) is 3.73. The molecule has 0 heterocycles. The highest BCUT2D eigenvalue weighted by Gasteiger charge is 2.05. The molecule has 0 fully saturated rings. The van der Waals surface area contributed by atoms with Gasteiger partial charge in [0.15, 0.2) is 0 Å². The average molecular weight is 226 g/mol. The molecule has 1 N–H and O–H groups in total. The molecular weight excluding hydrogens is 203 g/mol. The molecule has 0 aromatic heterocycles. The van der Waals surface area contributed by atoms with E-state index in [0.29, 0.717) is 12.0 Å². The molecule has 1 aromatic rings. The van der Waals surface area contributed by atoms with Gasteiger partial charge < -0.3 is 5.11 Å². The topological polar surface area (TPSA) is 20.2 Å². The molecule has 1 nitrogen and oxygen atoms in total. The Hall–Kier alpha value is -0.890. The number of halogens is 1. The second kappa shape index (κ2) is 8.28. The van der Waals surface area contributed by atoms with Crippen molar-refractivity contribution in [1.29, 1.82) is 0 Å². The lowest BCUT2D eigenvalue weighted by atomic mass is 10.0. The van der Waals surface area contributed by atoms with Crippen LogP contribution in [0.4, 0.5) is 4.39 Å². The van der Waals surface area contributed by atoms with Crippen LogP contribution in [0.2, 0.25) is 0 Å². The molecule has 0 saturated heterocycles. The Balaban J connectivity index is 0.00000106. The summed E-state index contributed by atoms with van der Waals surface area (Å²) >= 11 is 0. The standard InChI is InChI=1S/C12H17FO.C2H6/c1-3-4-11(14)8-10-5-6-12(13)9(2)7-10;1-2/h5-7,11,14H,3-4,8H2,1-2H3;1-2H3. The molecule has 0 saturated carbocycles. The molecule has 92 valence electrons. The summed E-state index contributed by atoms with van der Waals surface area (Å²) in [5.41, 5.74) is 1.65. The number of benzene rings is 1. The van der Waals surface area contributed by atoms with E-state index in [1.807, 2.05) is 20.8 Å². The summed E-state index contributed by atoms with van der Waals surface area (Å²) in [5, 5.41) is 9.57. The van der Waals surface area contributed by atoms with Crippen molar-refractivity contribution in [2.45, 2.75) is 53.1 Å². The fourth-order valence-electron chi connectivity index (χ4n) is 1.54. The molecule has 0 amide bonds. The number of aliphatic hydroxyl groups is 1. The summed E-state index contributed by atoms with van der Waals surface area (Å²) in [6.45, 7) is 7.78. The minimum Gasteiger partial charge on any atom is -0.393 e. The first kappa shape index (κ1) is 15.1. The van der Waals surface area contributed by atoms with Gasteiger partial charge in [0.05, 0.1) is 6.10 Å². The number of hydrogen-bond donors (Lipinski definition) is 1. The highest BCUT2D eigenvalue weighted by molar-refractivity contribution is 5.24. The summed E-state index contributed by atoms with van der Waals surface area (Å²) in [4.78, 5) is 0. The van der Waals surface area contributed by atoms with Crippen LogP contribution in [0.3, 0.4) is 0 Å². The van der Waals surface area contributed by atoms with E-state index >= 15 is 0 Å². The molecule has 16 heavy (non-hydrogen) atoms. The van der Waals surface area contributed by atoms with Gasteiger partial charge in [-0.2, -0.15) is 0 Å². The van der Waals surface area contributed by atoms with Crippen LogP contribution in [-0.2, 0) is 6.42 Å². The van der Waals surface area contributed by atoms with Crippen LogP contribution in [-0.4, -0.2) is 11.2 Å². The monoisotopic (exact) mass is 226 g/mol. The molecule has 1 aromatic carbocycles. The third-order valence-electron chi connectivity index (χ3n) is 2.32. The Bertz CT molecular complexity index is 297. The predicted molar refractivity (Wildman–Crippen MR) is 67.1 cm³/mol. The van der Waals surface area contributed by atoms with Crippen molar-refractivity contribution in [3.8, 4) is 0 Å². The van der Waals surface area contributed by atoms with Gasteiger partial charge in [-0.25, -0.2) is 4.39 Å². The number of aliphatic hydroxyl groups excluding tert-OH is 1. The van der Waals surface area contributed by atoms with Crippen molar-refractivity contribution in [1.82, 2.24) is 0 Å². The molecular formula is C14H23FO. The SMILES string of the molecule is CC.CCCC(O)Cc1ccc(F)c(C)c1. The first-order valence-corrected chi connectivity index (χ1v) is 6.06. The maximum absolute atomic E-state index is 12.9. The van der Waals surface area contributed by atoms with Crippen LogP contribution in [0.5, 0.6) is 0 Å². The van der Waals surface area contributed by atoms with Crippen molar-refractivity contribution in [2.24, 2.45) is 0 Å². The predicted octanol–water partition coefficient (Wildman–Crippen LogP) is 3.86. The molecule has 0 aliphatic rings. The lowest BCUT2D eigenvalue weighted by Gasteiger charge is -2.09. The van der Waals surface area contributed by atoms with Gasteiger partial charge in [0.1, 0.15) is 5.82 Å². The minimum atomic E-state index is -0.301. The first-order valence-electron chi connectivity index (χ1n) is 6.06. The normalized spacial score (nSPS) is 11.6. The van der Waals surface area contributed by atoms with Crippen molar-refractivity contribution in [3.63, 3.8) is 0 Å². The van der Waals surface area contributed by atoms with E-state index in [1.165, 1.54) is 6.07 Å². The van der Waals surface area contributed by atoms with Gasteiger partial charge in [0, 0.05) is 0 Å². The Morgan fingerprint density at radius 3 is 2.44 bits per heavy atom. The highest BCUT2D eigenvalue weighted by atomic mass is 19.1. The van der Waals surface area contributed by atoms with E-state index in [2.05, 4.69) is 0 Å². The van der Waals surface area contributed by atoms with Crippen LogP contribution in [0.1, 0.15) is 44.7 Å². The smallest absolute Gasteiger partial charge is 0.126 e. The third-order valence-corrected chi connectivity index (χ3v) is 2.32. The van der Waals surface area contributed by atoms with Gasteiger partial charge >= 0.3 is 0 Å². The van der Waals surface area contributed by atoms with Gasteiger partial charge in [-0.15, -0.1) is 0 Å². The van der Waals surface area contributed by atoms with Gasteiger partial charge in [-0.1, -0.05) is 39.3 Å². The summed E-state index contributed by atoms with van der Waals surface area (Å²) in [5.74, 6) is -0.182. The van der Waals surface area contributed by atoms with Gasteiger partial charge in [-0.3, -0.25) is 0 Å². The molecule has 2 heteroatoms. The van der Waals surface area contributed by atoms with Crippen LogP contribution in [0, 0.1) is 12.7 Å². The maximum Gasteiger partial charge on any atom is 0.126 e. The van der Waals surface area contributed by atoms with Crippen LogP contribution < -0.4 is 0 Å². The molecule has 0 bridgehead atoms. The van der Waals surface area contributed by atoms with Crippen LogP contribution >= 0.6 is 0 Å². The zero-order chi connectivity index (χ0) is 12.6. The lowest BCUT2D eigenvalue weighted by molar-refractivity contribution is 0.164. The third kappa shape index (κ3) is 5.26. The fraction of sp³-hybridized carbons (Fsp3) is 0.571. The molecule has 1 atom stereocenters. The van der Waals surface area contributed by atoms with Crippen LogP contribution in [0.15, 0.2) is 18.2 Å². The Morgan fingerprint density at radius 2 is 1.94 bits per heavy atom. The van der Waals surface area contributed by atoms with Gasteiger partial charge in [-0.05, 0) is 37.0 Å². The van der Waals surface area contributed by atoms with Gasteiger partial charge in [0.25, 0.3) is 0 Å². The maximum atomic E-state index is 12.9. The second-order valence-electron chi connectivity index (χ2n) is 3.73. The van der Waals surface area contributed by atoms with Crippen molar-refractivity contribution in [2.75, 3.05) is 0 Å². The largest absolute Gasteiger partial charge is 0.393 e. The molecule has 1 unspecified atom stereocenters. The lowest BCUT2D eigenvalue weighted by Crippen LogP contribution is -2.09. The zero-order valence-electron chi connectivity index (χ0n) is 10.8. The number of aryl methyl sites for hydroxylation is 1. The molecule has 1 rings (SSSR count). The minimum absolute atomic E-state index is 0.182. The number of rotatable bonds is 4. The fourth-order valence-corrected chi connectivity index (χ4v) is 1.54. The quantitative estimate of drug-likeness (QED) is 0.826. The molecule has 0 spiro atoms. The van der Waals surface area contributed by atoms with E-state index in [4.69, 9.17) is 0 Å². The van der Waals surface area contributed by atoms with Gasteiger partial charge in [0.2, 0.25) is 0 Å². The Kier molecular flexibility index (Phi) is 7.82. The number of hydrogen-bond acceptors (Lipinski definition) is 1. The highest BCUT2D eigenvalue weighted by Crippen LogP contribution is 2.12. The van der Waals surface area contributed by atoms with E-state index in [0.717, 1.165) is 18.4 Å². The summed E-state index contributed by atoms with van der Waals surface area (Å²) in [6.07, 6.45) is 2.09. The van der Waals surface area contributed by atoms with E-state index in [9.17, 15) is 9.50 Å². The van der Waals surface area contributed by atoms with E-state index in [-0.39, 0.29) is 11.9 Å². The zero-order valence-corrected chi connectivity index (χ0v) is 10.8. The Labute approximate surface area is 98.3 Å². The molecule has 0 aliphatic heterocycles.